The van der Waals surface area contributed by atoms with E-state index in [-0.39, 0.29) is 6.04 Å². The van der Waals surface area contributed by atoms with Crippen LogP contribution in [0.3, 0.4) is 0 Å². The van der Waals surface area contributed by atoms with E-state index in [1.54, 1.807) is 7.11 Å². The van der Waals surface area contributed by atoms with Gasteiger partial charge in [-0.25, -0.2) is 0 Å². The Morgan fingerprint density at radius 2 is 2.58 bits per heavy atom. The first kappa shape index (κ1) is 9.55. The molecule has 0 aromatic rings. The maximum atomic E-state index is 5.91. The standard InChI is InChI=1S/C9H18N2O/c1-7-3-4-8(5-11-7)9(10)6-12-2/h3,8-9,11H,4-6,10H2,1-2H3/t8-,9?/m1/s1. The molecule has 0 fully saturated rings. The van der Waals surface area contributed by atoms with Crippen LogP contribution in [0, 0.1) is 5.92 Å². The van der Waals surface area contributed by atoms with E-state index in [9.17, 15) is 0 Å². The van der Waals surface area contributed by atoms with Crippen LogP contribution >= 0.6 is 0 Å². The van der Waals surface area contributed by atoms with E-state index in [1.165, 1.54) is 5.70 Å². The summed E-state index contributed by atoms with van der Waals surface area (Å²) in [5.41, 5.74) is 7.17. The van der Waals surface area contributed by atoms with Crippen LogP contribution in [0.15, 0.2) is 11.8 Å². The second-order valence-electron chi connectivity index (χ2n) is 3.38. The van der Waals surface area contributed by atoms with Gasteiger partial charge in [-0.3, -0.25) is 0 Å². The molecule has 0 amide bonds. The average molecular weight is 170 g/mol. The van der Waals surface area contributed by atoms with E-state index in [0.717, 1.165) is 13.0 Å². The van der Waals surface area contributed by atoms with Crippen LogP contribution in [0.5, 0.6) is 0 Å². The number of nitrogens with two attached hydrogens (primary N) is 1. The van der Waals surface area contributed by atoms with Gasteiger partial charge in [0.05, 0.1) is 6.61 Å². The molecular formula is C9H18N2O. The lowest BCUT2D eigenvalue weighted by molar-refractivity contribution is 0.156. The Bertz CT molecular complexity index is 168. The predicted molar refractivity (Wildman–Crippen MR) is 49.7 cm³/mol. The molecule has 3 heteroatoms. The lowest BCUT2D eigenvalue weighted by atomic mass is 9.94. The molecule has 0 radical (unpaired) electrons. The fourth-order valence-corrected chi connectivity index (χ4v) is 1.43. The Morgan fingerprint density at radius 3 is 3.08 bits per heavy atom. The van der Waals surface area contributed by atoms with Crippen molar-refractivity contribution in [2.75, 3.05) is 20.3 Å². The molecule has 12 heavy (non-hydrogen) atoms. The molecule has 3 N–H and O–H groups in total. The minimum atomic E-state index is 0.159. The summed E-state index contributed by atoms with van der Waals surface area (Å²) in [4.78, 5) is 0. The molecule has 0 saturated carbocycles. The monoisotopic (exact) mass is 170 g/mol. The maximum absolute atomic E-state index is 5.91. The molecule has 0 aliphatic carbocycles. The van der Waals surface area contributed by atoms with Crippen molar-refractivity contribution in [2.24, 2.45) is 11.7 Å². The minimum absolute atomic E-state index is 0.159. The molecule has 1 aliphatic rings. The van der Waals surface area contributed by atoms with Gasteiger partial charge in [0, 0.05) is 25.4 Å². The van der Waals surface area contributed by atoms with E-state index < -0.39 is 0 Å². The zero-order valence-corrected chi connectivity index (χ0v) is 7.84. The van der Waals surface area contributed by atoms with Gasteiger partial charge in [0.15, 0.2) is 0 Å². The molecule has 1 rings (SSSR count). The van der Waals surface area contributed by atoms with Gasteiger partial charge < -0.3 is 15.8 Å². The molecule has 0 aromatic heterocycles. The minimum Gasteiger partial charge on any atom is -0.388 e. The first-order chi connectivity index (χ1) is 5.74. The number of hydrogen-bond donors (Lipinski definition) is 2. The van der Waals surface area contributed by atoms with Gasteiger partial charge in [-0.1, -0.05) is 6.08 Å². The van der Waals surface area contributed by atoms with E-state index in [0.29, 0.717) is 12.5 Å². The molecule has 1 heterocycles. The zero-order valence-electron chi connectivity index (χ0n) is 7.84. The zero-order chi connectivity index (χ0) is 8.97. The quantitative estimate of drug-likeness (QED) is 0.647. The third-order valence-electron chi connectivity index (χ3n) is 2.33. The van der Waals surface area contributed by atoms with Crippen LogP contribution in [0.4, 0.5) is 0 Å². The van der Waals surface area contributed by atoms with Crippen molar-refractivity contribution in [2.45, 2.75) is 19.4 Å². The normalized spacial score (nSPS) is 25.9. The highest BCUT2D eigenvalue weighted by molar-refractivity contribution is 5.02. The van der Waals surface area contributed by atoms with E-state index in [1.807, 2.05) is 0 Å². The second-order valence-corrected chi connectivity index (χ2v) is 3.38. The van der Waals surface area contributed by atoms with E-state index in [4.69, 9.17) is 10.5 Å². The summed E-state index contributed by atoms with van der Waals surface area (Å²) >= 11 is 0. The summed E-state index contributed by atoms with van der Waals surface area (Å²) < 4.78 is 5.01. The number of methoxy groups -OCH3 is 1. The smallest absolute Gasteiger partial charge is 0.0617 e. The van der Waals surface area contributed by atoms with Gasteiger partial charge >= 0.3 is 0 Å². The fraction of sp³-hybridized carbons (Fsp3) is 0.778. The summed E-state index contributed by atoms with van der Waals surface area (Å²) in [6.07, 6.45) is 3.27. The molecule has 0 spiro atoms. The topological polar surface area (TPSA) is 47.3 Å². The first-order valence-corrected chi connectivity index (χ1v) is 4.39. The Morgan fingerprint density at radius 1 is 1.83 bits per heavy atom. The average Bonchev–Trinajstić information content (AvgIpc) is 2.06. The molecule has 3 nitrogen and oxygen atoms in total. The maximum Gasteiger partial charge on any atom is 0.0617 e. The lowest BCUT2D eigenvalue weighted by Gasteiger charge is -2.26. The van der Waals surface area contributed by atoms with Gasteiger partial charge in [0.1, 0.15) is 0 Å². The molecular weight excluding hydrogens is 152 g/mol. The van der Waals surface area contributed by atoms with Crippen LogP contribution in [-0.2, 0) is 4.74 Å². The molecule has 1 unspecified atom stereocenters. The summed E-state index contributed by atoms with van der Waals surface area (Å²) in [7, 11) is 1.69. The van der Waals surface area contributed by atoms with Crippen molar-refractivity contribution < 1.29 is 4.74 Å². The molecule has 70 valence electrons. The summed E-state index contributed by atoms with van der Waals surface area (Å²) in [5.74, 6) is 0.522. The van der Waals surface area contributed by atoms with Crippen LogP contribution in [0.1, 0.15) is 13.3 Å². The Kier molecular flexibility index (Phi) is 3.56. The Labute approximate surface area is 74.0 Å². The van der Waals surface area contributed by atoms with Crippen molar-refractivity contribution in [3.05, 3.63) is 11.8 Å². The summed E-state index contributed by atoms with van der Waals surface area (Å²) in [6, 6.07) is 0.159. The van der Waals surface area contributed by atoms with Crippen molar-refractivity contribution in [1.82, 2.24) is 5.32 Å². The van der Waals surface area contributed by atoms with Gasteiger partial charge in [0.25, 0.3) is 0 Å². The predicted octanol–water partition coefficient (Wildman–Crippen LogP) is 0.473. The van der Waals surface area contributed by atoms with Crippen LogP contribution in [-0.4, -0.2) is 26.3 Å². The van der Waals surface area contributed by atoms with Crippen LogP contribution in [0.2, 0.25) is 0 Å². The highest BCUT2D eigenvalue weighted by Gasteiger charge is 2.18. The highest BCUT2D eigenvalue weighted by Crippen LogP contribution is 2.13. The first-order valence-electron chi connectivity index (χ1n) is 4.39. The molecule has 1 aliphatic heterocycles. The van der Waals surface area contributed by atoms with Crippen molar-refractivity contribution in [3.8, 4) is 0 Å². The van der Waals surface area contributed by atoms with Crippen molar-refractivity contribution in [1.29, 1.82) is 0 Å². The summed E-state index contributed by atoms with van der Waals surface area (Å²) in [6.45, 7) is 3.71. The second kappa shape index (κ2) is 4.48. The lowest BCUT2D eigenvalue weighted by Crippen LogP contribution is -2.41. The van der Waals surface area contributed by atoms with Gasteiger partial charge in [-0.2, -0.15) is 0 Å². The fourth-order valence-electron chi connectivity index (χ4n) is 1.43. The van der Waals surface area contributed by atoms with Crippen molar-refractivity contribution >= 4 is 0 Å². The van der Waals surface area contributed by atoms with Gasteiger partial charge in [0.2, 0.25) is 0 Å². The van der Waals surface area contributed by atoms with Gasteiger partial charge in [-0.15, -0.1) is 0 Å². The number of nitrogens with one attached hydrogen (secondary N) is 1. The Balaban J connectivity index is 2.34. The third-order valence-corrected chi connectivity index (χ3v) is 2.33. The highest BCUT2D eigenvalue weighted by atomic mass is 16.5. The SMILES string of the molecule is COCC(N)[C@@H]1CC=C(C)NC1. The molecule has 2 atom stereocenters. The number of rotatable bonds is 3. The van der Waals surface area contributed by atoms with Crippen molar-refractivity contribution in [3.63, 3.8) is 0 Å². The number of ether oxygens (including phenoxy) is 1. The van der Waals surface area contributed by atoms with Gasteiger partial charge in [-0.05, 0) is 19.3 Å². The Hall–Kier alpha value is -0.540. The largest absolute Gasteiger partial charge is 0.388 e. The molecule has 0 aromatic carbocycles. The molecule has 0 bridgehead atoms. The van der Waals surface area contributed by atoms with Crippen LogP contribution in [0.25, 0.3) is 0 Å². The molecule has 0 saturated heterocycles. The number of allylic oxidation sites excluding steroid dienone is 2. The summed E-state index contributed by atoms with van der Waals surface area (Å²) in [5, 5.41) is 3.30. The number of hydrogen-bond acceptors (Lipinski definition) is 3. The van der Waals surface area contributed by atoms with E-state index >= 15 is 0 Å². The third kappa shape index (κ3) is 2.50. The van der Waals surface area contributed by atoms with E-state index in [2.05, 4.69) is 18.3 Å². The van der Waals surface area contributed by atoms with Crippen LogP contribution < -0.4 is 11.1 Å².